The van der Waals surface area contributed by atoms with E-state index >= 15 is 0 Å². The van der Waals surface area contributed by atoms with Gasteiger partial charge < -0.3 is 9.80 Å². The summed E-state index contributed by atoms with van der Waals surface area (Å²) in [7, 11) is 0. The Kier molecular flexibility index (Phi) is 9.82. The molecule has 2 aromatic heterocycles. The van der Waals surface area contributed by atoms with Gasteiger partial charge in [-0.1, -0.05) is 134 Å². The van der Waals surface area contributed by atoms with Crippen LogP contribution < -0.4 is 9.80 Å². The van der Waals surface area contributed by atoms with Crippen LogP contribution in [0.15, 0.2) is 140 Å². The first kappa shape index (κ1) is 41.1. The average Bonchev–Trinajstić information content (AvgIpc) is 3.85. The average molecular weight is 957 g/mol. The highest BCUT2D eigenvalue weighted by molar-refractivity contribution is 14.1. The Morgan fingerprint density at radius 1 is 0.500 bits per heavy atom. The minimum Gasteiger partial charge on any atom is -0.309 e. The van der Waals surface area contributed by atoms with E-state index in [0.717, 1.165) is 5.69 Å². The fraction of sp³-hybridized carbons (Fsp3) is 0.228. The minimum atomic E-state index is -0.0631. The van der Waals surface area contributed by atoms with Crippen molar-refractivity contribution in [3.63, 3.8) is 0 Å². The minimum absolute atomic E-state index is 0.0367. The standard InChI is InChI=1S/C57H53IN2S2/c1-34-31-37(56(6,7)8)27-30-45(34)60(48-22-16-24-50-52(48)40-18-12-14-23-49(40)61-50)47-21-15-20-46(35(47)2)59(38-28-25-36(26-29-38)55(3,4)5)53-42-32-41-39-17-11-13-19-43(39)57(9,10)44(41)33-51(42)62-54(53)58/h11-33H,1-10H3. The molecule has 0 saturated carbocycles. The Morgan fingerprint density at radius 2 is 1.13 bits per heavy atom. The molecule has 0 bridgehead atoms. The first-order valence-corrected chi connectivity index (χ1v) is 24.4. The van der Waals surface area contributed by atoms with Crippen LogP contribution >= 0.6 is 45.3 Å². The zero-order valence-electron chi connectivity index (χ0n) is 37.4. The van der Waals surface area contributed by atoms with Crippen molar-refractivity contribution >= 4 is 110 Å². The monoisotopic (exact) mass is 956 g/mol. The molecule has 9 aromatic rings. The molecule has 62 heavy (non-hydrogen) atoms. The lowest BCUT2D eigenvalue weighted by Crippen LogP contribution is -2.18. The molecular weight excluding hydrogens is 904 g/mol. The van der Waals surface area contributed by atoms with Gasteiger partial charge in [0.1, 0.15) is 0 Å². The molecule has 0 atom stereocenters. The van der Waals surface area contributed by atoms with E-state index in [2.05, 4.69) is 241 Å². The van der Waals surface area contributed by atoms with E-state index in [1.54, 1.807) is 0 Å². The quantitative estimate of drug-likeness (QED) is 0.153. The molecule has 0 spiro atoms. The first-order valence-electron chi connectivity index (χ1n) is 21.7. The van der Waals surface area contributed by atoms with Gasteiger partial charge in [-0.05, 0) is 152 Å². The maximum atomic E-state index is 2.61. The molecule has 0 amide bonds. The third-order valence-corrected chi connectivity index (χ3v) is 16.5. The predicted octanol–water partition coefficient (Wildman–Crippen LogP) is 18.3. The van der Waals surface area contributed by atoms with E-state index < -0.39 is 0 Å². The fourth-order valence-electron chi connectivity index (χ4n) is 9.76. The number of fused-ring (bicyclic) bond motifs is 7. The molecule has 0 unspecified atom stereocenters. The van der Waals surface area contributed by atoms with Crippen molar-refractivity contribution in [2.75, 3.05) is 9.80 Å². The van der Waals surface area contributed by atoms with Crippen molar-refractivity contribution in [3.8, 4) is 11.1 Å². The molecule has 2 nitrogen and oxygen atoms in total. The van der Waals surface area contributed by atoms with Crippen LogP contribution in [0.2, 0.25) is 0 Å². The van der Waals surface area contributed by atoms with Gasteiger partial charge in [-0.2, -0.15) is 0 Å². The second-order valence-corrected chi connectivity index (χ2v) is 23.6. The number of halogens is 1. The smallest absolute Gasteiger partial charge is 0.0906 e. The van der Waals surface area contributed by atoms with Crippen molar-refractivity contribution in [1.29, 1.82) is 0 Å². The summed E-state index contributed by atoms with van der Waals surface area (Å²) >= 11 is 6.39. The van der Waals surface area contributed by atoms with Gasteiger partial charge in [-0.25, -0.2) is 0 Å². The Hall–Kier alpha value is -4.95. The zero-order chi connectivity index (χ0) is 43.5. The zero-order valence-corrected chi connectivity index (χ0v) is 41.2. The van der Waals surface area contributed by atoms with Gasteiger partial charge in [0.15, 0.2) is 0 Å². The topological polar surface area (TPSA) is 6.48 Å². The number of hydrogen-bond acceptors (Lipinski definition) is 4. The lowest BCUT2D eigenvalue weighted by molar-refractivity contribution is 0.589. The highest BCUT2D eigenvalue weighted by Crippen LogP contribution is 2.55. The maximum Gasteiger partial charge on any atom is 0.0906 e. The summed E-state index contributed by atoms with van der Waals surface area (Å²) in [6.45, 7) is 23.2. The number of nitrogens with zero attached hydrogens (tertiary/aromatic N) is 2. The van der Waals surface area contributed by atoms with Gasteiger partial charge in [0, 0.05) is 47.0 Å². The van der Waals surface area contributed by atoms with Crippen LogP contribution in [0.3, 0.4) is 0 Å². The second kappa shape index (κ2) is 14.8. The van der Waals surface area contributed by atoms with Gasteiger partial charge in [0.05, 0.1) is 25.6 Å². The van der Waals surface area contributed by atoms with E-state index in [9.17, 15) is 0 Å². The molecule has 0 aliphatic heterocycles. The van der Waals surface area contributed by atoms with Crippen LogP contribution in [0, 0.1) is 16.7 Å². The van der Waals surface area contributed by atoms with E-state index in [0.29, 0.717) is 0 Å². The molecule has 0 radical (unpaired) electrons. The summed E-state index contributed by atoms with van der Waals surface area (Å²) in [5, 5.41) is 3.88. The van der Waals surface area contributed by atoms with Gasteiger partial charge in [0.25, 0.3) is 0 Å². The summed E-state index contributed by atoms with van der Waals surface area (Å²) in [5.41, 5.74) is 17.8. The summed E-state index contributed by atoms with van der Waals surface area (Å²) in [4.78, 5) is 5.10. The van der Waals surface area contributed by atoms with E-state index in [1.807, 2.05) is 22.7 Å². The molecule has 310 valence electrons. The predicted molar refractivity (Wildman–Crippen MR) is 281 cm³/mol. The fourth-order valence-corrected chi connectivity index (χ4v) is 13.1. The number of benzene rings is 7. The third kappa shape index (κ3) is 6.60. The van der Waals surface area contributed by atoms with Crippen LogP contribution in [0.1, 0.15) is 88.8 Å². The van der Waals surface area contributed by atoms with Gasteiger partial charge in [0.2, 0.25) is 0 Å². The lowest BCUT2D eigenvalue weighted by Gasteiger charge is -2.33. The van der Waals surface area contributed by atoms with E-state index in [4.69, 9.17) is 0 Å². The Morgan fingerprint density at radius 3 is 1.85 bits per heavy atom. The maximum absolute atomic E-state index is 2.61. The Bertz CT molecular complexity index is 3220. The molecule has 10 rings (SSSR count). The van der Waals surface area contributed by atoms with Crippen LogP contribution in [-0.4, -0.2) is 0 Å². The molecule has 0 saturated heterocycles. The lowest BCUT2D eigenvalue weighted by atomic mass is 9.82. The molecule has 1 aliphatic rings. The van der Waals surface area contributed by atoms with E-state index in [1.165, 1.54) is 106 Å². The summed E-state index contributed by atoms with van der Waals surface area (Å²) in [6.07, 6.45) is 0. The van der Waals surface area contributed by atoms with Crippen molar-refractivity contribution < 1.29 is 0 Å². The molecule has 0 N–H and O–H groups in total. The number of rotatable bonds is 6. The summed E-state index contributed by atoms with van der Waals surface area (Å²) in [5.74, 6) is 0. The normalized spacial score (nSPS) is 13.5. The first-order chi connectivity index (χ1) is 29.5. The van der Waals surface area contributed by atoms with Crippen LogP contribution in [0.4, 0.5) is 34.1 Å². The van der Waals surface area contributed by atoms with Crippen LogP contribution in [0.5, 0.6) is 0 Å². The molecular formula is C57H53IN2S2. The largest absolute Gasteiger partial charge is 0.309 e. The highest BCUT2D eigenvalue weighted by Gasteiger charge is 2.37. The molecule has 2 heterocycles. The number of hydrogen-bond donors (Lipinski definition) is 0. The van der Waals surface area contributed by atoms with Gasteiger partial charge in [-0.3, -0.25) is 0 Å². The number of aryl methyl sites for hydroxylation is 1. The van der Waals surface area contributed by atoms with Crippen molar-refractivity contribution in [1.82, 2.24) is 0 Å². The third-order valence-electron chi connectivity index (χ3n) is 13.2. The Balaban J connectivity index is 1.24. The molecule has 0 fully saturated rings. The summed E-state index contributed by atoms with van der Waals surface area (Å²) in [6, 6.07) is 53.0. The number of anilines is 6. The van der Waals surface area contributed by atoms with Crippen LogP contribution in [-0.2, 0) is 16.2 Å². The van der Waals surface area contributed by atoms with Crippen molar-refractivity contribution in [2.45, 2.75) is 85.5 Å². The molecule has 1 aliphatic carbocycles. The van der Waals surface area contributed by atoms with Crippen LogP contribution in [0.25, 0.3) is 41.4 Å². The second-order valence-electron chi connectivity index (χ2n) is 19.7. The van der Waals surface area contributed by atoms with Crippen molar-refractivity contribution in [2.24, 2.45) is 0 Å². The van der Waals surface area contributed by atoms with Gasteiger partial charge >= 0.3 is 0 Å². The SMILES string of the molecule is Cc1cc(C(C)(C)C)ccc1N(c1cccc(N(c2ccc(C(C)(C)C)cc2)c2c(I)sc3cc4c(cc23)-c2ccccc2C4(C)C)c1C)c1cccc2sc3ccccc3c12. The molecule has 7 aromatic carbocycles. The molecule has 5 heteroatoms. The Labute approximate surface area is 389 Å². The number of thiophene rings is 2. The van der Waals surface area contributed by atoms with Gasteiger partial charge in [-0.15, -0.1) is 22.7 Å². The highest BCUT2D eigenvalue weighted by atomic mass is 127. The van der Waals surface area contributed by atoms with Crippen molar-refractivity contribution in [3.05, 3.63) is 176 Å². The summed E-state index contributed by atoms with van der Waals surface area (Å²) < 4.78 is 5.20. The van der Waals surface area contributed by atoms with E-state index in [-0.39, 0.29) is 16.2 Å².